The molecule has 1 aromatic carbocycles. The van der Waals surface area contributed by atoms with Gasteiger partial charge in [-0.1, -0.05) is 18.2 Å². The molecule has 0 bridgehead atoms. The van der Waals surface area contributed by atoms with Crippen molar-refractivity contribution in [2.24, 2.45) is 0 Å². The van der Waals surface area contributed by atoms with E-state index in [9.17, 15) is 18.3 Å². The molecule has 0 saturated heterocycles. The van der Waals surface area contributed by atoms with Gasteiger partial charge < -0.3 is 10.4 Å². The lowest BCUT2D eigenvalue weighted by atomic mass is 9.93. The first-order valence-electron chi connectivity index (χ1n) is 6.53. The first-order chi connectivity index (χ1) is 8.95. The third-order valence-electron chi connectivity index (χ3n) is 3.50. The summed E-state index contributed by atoms with van der Waals surface area (Å²) in [6.07, 6.45) is -1.15. The Balaban J connectivity index is 1.92. The first-order valence-corrected chi connectivity index (χ1v) is 6.53. The fourth-order valence-corrected chi connectivity index (χ4v) is 2.47. The molecule has 1 aromatic rings. The molecule has 0 amide bonds. The number of halogens is 3. The number of benzene rings is 1. The van der Waals surface area contributed by atoms with Crippen LogP contribution >= 0.6 is 0 Å². The highest BCUT2D eigenvalue weighted by Crippen LogP contribution is 2.29. The smallest absolute Gasteiger partial charge is 0.393 e. The van der Waals surface area contributed by atoms with Crippen LogP contribution in [-0.2, 0) is 12.7 Å². The van der Waals surface area contributed by atoms with Gasteiger partial charge in [0.15, 0.2) is 0 Å². The molecule has 0 unspecified atom stereocenters. The van der Waals surface area contributed by atoms with E-state index in [4.69, 9.17) is 0 Å². The molecule has 1 aliphatic carbocycles. The van der Waals surface area contributed by atoms with Crippen molar-refractivity contribution in [3.63, 3.8) is 0 Å². The number of nitrogens with one attached hydrogen (secondary N) is 1. The molecule has 0 radical (unpaired) electrons. The summed E-state index contributed by atoms with van der Waals surface area (Å²) in [7, 11) is 0. The first kappa shape index (κ1) is 14.3. The SMILES string of the molecule is O[C@@H]1CCC[C@H](NCc2cccc(C(F)(F)F)c2)C1. The average Bonchev–Trinajstić information content (AvgIpc) is 2.36. The molecular formula is C14H18F3NO. The lowest BCUT2D eigenvalue weighted by molar-refractivity contribution is -0.137. The lowest BCUT2D eigenvalue weighted by Crippen LogP contribution is -2.35. The van der Waals surface area contributed by atoms with Gasteiger partial charge in [0.25, 0.3) is 0 Å². The number of hydrogen-bond donors (Lipinski definition) is 2. The predicted molar refractivity (Wildman–Crippen MR) is 66.5 cm³/mol. The summed E-state index contributed by atoms with van der Waals surface area (Å²) >= 11 is 0. The van der Waals surface area contributed by atoms with Gasteiger partial charge in [-0.3, -0.25) is 0 Å². The maximum Gasteiger partial charge on any atom is 0.416 e. The average molecular weight is 273 g/mol. The van der Waals surface area contributed by atoms with Gasteiger partial charge in [-0.25, -0.2) is 0 Å². The highest BCUT2D eigenvalue weighted by Gasteiger charge is 2.30. The van der Waals surface area contributed by atoms with Gasteiger partial charge in [0.1, 0.15) is 0 Å². The molecule has 0 spiro atoms. The van der Waals surface area contributed by atoms with Gasteiger partial charge in [-0.15, -0.1) is 0 Å². The Hall–Kier alpha value is -1.07. The standard InChI is InChI=1S/C14H18F3NO/c15-14(16,17)11-4-1-3-10(7-11)9-18-12-5-2-6-13(19)8-12/h1,3-4,7,12-13,18-19H,2,5-6,8-9H2/t12-,13+/m0/s1. The van der Waals surface area contributed by atoms with E-state index < -0.39 is 11.7 Å². The van der Waals surface area contributed by atoms with Crippen LogP contribution in [0.4, 0.5) is 13.2 Å². The zero-order valence-electron chi connectivity index (χ0n) is 10.6. The molecule has 2 N–H and O–H groups in total. The zero-order chi connectivity index (χ0) is 13.9. The van der Waals surface area contributed by atoms with E-state index in [1.807, 2.05) is 0 Å². The molecule has 2 rings (SSSR count). The third kappa shape index (κ3) is 4.21. The Kier molecular flexibility index (Phi) is 4.47. The van der Waals surface area contributed by atoms with Crippen LogP contribution in [0.15, 0.2) is 24.3 Å². The summed E-state index contributed by atoms with van der Waals surface area (Å²) in [6.45, 7) is 0.404. The highest BCUT2D eigenvalue weighted by molar-refractivity contribution is 5.25. The van der Waals surface area contributed by atoms with Crippen LogP contribution < -0.4 is 5.32 Å². The number of alkyl halides is 3. The predicted octanol–water partition coefficient (Wildman–Crippen LogP) is 3.10. The van der Waals surface area contributed by atoms with Crippen LogP contribution in [0, 0.1) is 0 Å². The largest absolute Gasteiger partial charge is 0.416 e. The lowest BCUT2D eigenvalue weighted by Gasteiger charge is -2.26. The Morgan fingerprint density at radius 3 is 2.74 bits per heavy atom. The second-order valence-corrected chi connectivity index (χ2v) is 5.10. The summed E-state index contributed by atoms with van der Waals surface area (Å²) in [5.74, 6) is 0. The molecule has 19 heavy (non-hydrogen) atoms. The maximum atomic E-state index is 12.6. The minimum Gasteiger partial charge on any atom is -0.393 e. The van der Waals surface area contributed by atoms with Crippen molar-refractivity contribution in [3.05, 3.63) is 35.4 Å². The maximum absolute atomic E-state index is 12.6. The number of aliphatic hydroxyl groups is 1. The van der Waals surface area contributed by atoms with Crippen LogP contribution in [0.1, 0.15) is 36.8 Å². The summed E-state index contributed by atoms with van der Waals surface area (Å²) in [5, 5.41) is 12.8. The second-order valence-electron chi connectivity index (χ2n) is 5.10. The molecule has 1 aliphatic rings. The van der Waals surface area contributed by atoms with E-state index in [1.165, 1.54) is 12.1 Å². The van der Waals surface area contributed by atoms with E-state index in [0.717, 1.165) is 25.3 Å². The highest BCUT2D eigenvalue weighted by atomic mass is 19.4. The van der Waals surface area contributed by atoms with Gasteiger partial charge in [-0.2, -0.15) is 13.2 Å². The van der Waals surface area contributed by atoms with Gasteiger partial charge in [0, 0.05) is 12.6 Å². The Morgan fingerprint density at radius 2 is 2.05 bits per heavy atom. The second kappa shape index (κ2) is 5.92. The van der Waals surface area contributed by atoms with Crippen LogP contribution in [-0.4, -0.2) is 17.3 Å². The van der Waals surface area contributed by atoms with E-state index in [-0.39, 0.29) is 12.1 Å². The van der Waals surface area contributed by atoms with E-state index in [0.29, 0.717) is 18.5 Å². The fraction of sp³-hybridized carbons (Fsp3) is 0.571. The zero-order valence-corrected chi connectivity index (χ0v) is 10.6. The Morgan fingerprint density at radius 1 is 1.26 bits per heavy atom. The number of hydrogen-bond acceptors (Lipinski definition) is 2. The molecule has 0 aromatic heterocycles. The van der Waals surface area contributed by atoms with E-state index >= 15 is 0 Å². The van der Waals surface area contributed by atoms with Crippen LogP contribution in [0.5, 0.6) is 0 Å². The van der Waals surface area contributed by atoms with E-state index in [1.54, 1.807) is 6.07 Å². The van der Waals surface area contributed by atoms with E-state index in [2.05, 4.69) is 5.32 Å². The normalized spacial score (nSPS) is 24.4. The number of rotatable bonds is 3. The van der Waals surface area contributed by atoms with Crippen molar-refractivity contribution in [2.45, 2.75) is 50.6 Å². The molecule has 0 heterocycles. The van der Waals surface area contributed by atoms with Crippen molar-refractivity contribution >= 4 is 0 Å². The van der Waals surface area contributed by atoms with Gasteiger partial charge >= 0.3 is 6.18 Å². The minimum absolute atomic E-state index is 0.193. The van der Waals surface area contributed by atoms with Crippen molar-refractivity contribution in [1.82, 2.24) is 5.32 Å². The molecule has 1 fully saturated rings. The topological polar surface area (TPSA) is 32.3 Å². The molecular weight excluding hydrogens is 255 g/mol. The third-order valence-corrected chi connectivity index (χ3v) is 3.50. The molecule has 0 aliphatic heterocycles. The summed E-state index contributed by atoms with van der Waals surface area (Å²) in [5.41, 5.74) is 0.00497. The molecule has 2 nitrogen and oxygen atoms in total. The van der Waals surface area contributed by atoms with Gasteiger partial charge in [0.2, 0.25) is 0 Å². The quantitative estimate of drug-likeness (QED) is 0.887. The van der Waals surface area contributed by atoms with Crippen LogP contribution in [0.3, 0.4) is 0 Å². The summed E-state index contributed by atoms with van der Waals surface area (Å²) < 4.78 is 37.7. The summed E-state index contributed by atoms with van der Waals surface area (Å²) in [6, 6.07) is 5.55. The minimum atomic E-state index is -4.29. The number of aliphatic hydroxyl groups excluding tert-OH is 1. The van der Waals surface area contributed by atoms with Crippen molar-refractivity contribution in [2.75, 3.05) is 0 Å². The van der Waals surface area contributed by atoms with Gasteiger partial charge in [0.05, 0.1) is 11.7 Å². The van der Waals surface area contributed by atoms with Crippen molar-refractivity contribution < 1.29 is 18.3 Å². The van der Waals surface area contributed by atoms with Crippen molar-refractivity contribution in [3.8, 4) is 0 Å². The summed E-state index contributed by atoms with van der Waals surface area (Å²) in [4.78, 5) is 0. The molecule has 5 heteroatoms. The van der Waals surface area contributed by atoms with Crippen LogP contribution in [0.25, 0.3) is 0 Å². The van der Waals surface area contributed by atoms with Gasteiger partial charge in [-0.05, 0) is 37.3 Å². The Bertz CT molecular complexity index is 419. The molecule has 106 valence electrons. The molecule has 2 atom stereocenters. The van der Waals surface area contributed by atoms with Crippen LogP contribution in [0.2, 0.25) is 0 Å². The molecule has 1 saturated carbocycles. The Labute approximate surface area is 110 Å². The van der Waals surface area contributed by atoms with Crippen molar-refractivity contribution in [1.29, 1.82) is 0 Å². The monoisotopic (exact) mass is 273 g/mol. The fourth-order valence-electron chi connectivity index (χ4n) is 2.47.